The average Bonchev–Trinajstić information content (AvgIpc) is 2.46. The molecule has 3 nitrogen and oxygen atoms in total. The first kappa shape index (κ1) is 15.9. The summed E-state index contributed by atoms with van der Waals surface area (Å²) in [5, 5.41) is 3.42. The summed E-state index contributed by atoms with van der Waals surface area (Å²) in [6.07, 6.45) is 3.87. The van der Waals surface area contributed by atoms with Crippen molar-refractivity contribution in [3.8, 4) is 0 Å². The van der Waals surface area contributed by atoms with Crippen molar-refractivity contribution in [2.45, 2.75) is 44.7 Å². The quantitative estimate of drug-likeness (QED) is 0.926. The van der Waals surface area contributed by atoms with Crippen LogP contribution in [0.2, 0.25) is 0 Å². The van der Waals surface area contributed by atoms with Gasteiger partial charge in [-0.1, -0.05) is 6.92 Å². The number of nitrogens with zero attached hydrogens (tertiary/aromatic N) is 1. The molecule has 116 valence electrons. The molecule has 0 heterocycles. The van der Waals surface area contributed by atoms with Gasteiger partial charge in [-0.15, -0.1) is 0 Å². The highest BCUT2D eigenvalue weighted by molar-refractivity contribution is 5.94. The van der Waals surface area contributed by atoms with Gasteiger partial charge in [0.25, 0.3) is 5.91 Å². The van der Waals surface area contributed by atoms with Gasteiger partial charge < -0.3 is 10.2 Å². The van der Waals surface area contributed by atoms with E-state index >= 15 is 0 Å². The van der Waals surface area contributed by atoms with E-state index in [4.69, 9.17) is 0 Å². The van der Waals surface area contributed by atoms with Crippen LogP contribution in [0, 0.1) is 11.6 Å². The molecule has 1 amide bonds. The molecule has 1 saturated carbocycles. The zero-order valence-corrected chi connectivity index (χ0v) is 12.5. The fraction of sp³-hybridized carbons (Fsp3) is 0.562. The summed E-state index contributed by atoms with van der Waals surface area (Å²) in [5.41, 5.74) is 0.0730. The molecule has 0 radical (unpaired) electrons. The van der Waals surface area contributed by atoms with Gasteiger partial charge >= 0.3 is 0 Å². The van der Waals surface area contributed by atoms with Gasteiger partial charge in [-0.05, 0) is 44.4 Å². The standard InChI is InChI=1S/C16H22F2N2O/c1-3-19-14-4-6-15(7-5-14)20(2)16(21)11-8-12(17)10-13(18)9-11/h8-10,14-15,19H,3-7H2,1-2H3. The maximum Gasteiger partial charge on any atom is 0.254 e. The Hall–Kier alpha value is -1.49. The number of benzene rings is 1. The Balaban J connectivity index is 2.00. The molecule has 0 unspecified atom stereocenters. The lowest BCUT2D eigenvalue weighted by Crippen LogP contribution is -2.43. The molecule has 1 aromatic carbocycles. The summed E-state index contributed by atoms with van der Waals surface area (Å²) in [4.78, 5) is 14.0. The summed E-state index contributed by atoms with van der Waals surface area (Å²) in [6.45, 7) is 3.03. The summed E-state index contributed by atoms with van der Waals surface area (Å²) < 4.78 is 26.4. The van der Waals surface area contributed by atoms with Crippen molar-refractivity contribution in [1.82, 2.24) is 10.2 Å². The minimum atomic E-state index is -0.720. The topological polar surface area (TPSA) is 32.3 Å². The second-order valence-electron chi connectivity index (χ2n) is 5.64. The SMILES string of the molecule is CCNC1CCC(N(C)C(=O)c2cc(F)cc(F)c2)CC1. The lowest BCUT2D eigenvalue weighted by atomic mass is 9.90. The van der Waals surface area contributed by atoms with E-state index in [2.05, 4.69) is 12.2 Å². The first-order chi connectivity index (χ1) is 10.0. The average molecular weight is 296 g/mol. The van der Waals surface area contributed by atoms with E-state index in [1.807, 2.05) is 0 Å². The van der Waals surface area contributed by atoms with Crippen LogP contribution in [0.25, 0.3) is 0 Å². The zero-order chi connectivity index (χ0) is 15.4. The first-order valence-electron chi connectivity index (χ1n) is 7.48. The number of carbonyl (C=O) groups is 1. The van der Waals surface area contributed by atoms with Crippen molar-refractivity contribution in [3.05, 3.63) is 35.4 Å². The Bertz CT molecular complexity index is 479. The van der Waals surface area contributed by atoms with E-state index < -0.39 is 11.6 Å². The lowest BCUT2D eigenvalue weighted by molar-refractivity contribution is 0.0683. The monoisotopic (exact) mass is 296 g/mol. The minimum Gasteiger partial charge on any atom is -0.339 e. The van der Waals surface area contributed by atoms with E-state index in [0.29, 0.717) is 6.04 Å². The predicted molar refractivity (Wildman–Crippen MR) is 78.2 cm³/mol. The van der Waals surface area contributed by atoms with E-state index in [1.54, 1.807) is 11.9 Å². The van der Waals surface area contributed by atoms with Crippen LogP contribution in [0.4, 0.5) is 8.78 Å². The van der Waals surface area contributed by atoms with Crippen LogP contribution in [0.15, 0.2) is 18.2 Å². The number of hydrogen-bond donors (Lipinski definition) is 1. The molecule has 1 N–H and O–H groups in total. The molecule has 0 saturated heterocycles. The number of carbonyl (C=O) groups excluding carboxylic acids is 1. The Morgan fingerprint density at radius 2 is 1.76 bits per heavy atom. The number of rotatable bonds is 4. The molecular weight excluding hydrogens is 274 g/mol. The highest BCUT2D eigenvalue weighted by Gasteiger charge is 2.27. The molecule has 2 rings (SSSR count). The van der Waals surface area contributed by atoms with E-state index in [1.165, 1.54) is 0 Å². The molecule has 0 atom stereocenters. The third-order valence-corrected chi connectivity index (χ3v) is 4.17. The zero-order valence-electron chi connectivity index (χ0n) is 12.5. The van der Waals surface area contributed by atoms with E-state index in [0.717, 1.165) is 50.4 Å². The Morgan fingerprint density at radius 1 is 1.19 bits per heavy atom. The fourth-order valence-electron chi connectivity index (χ4n) is 3.00. The molecule has 5 heteroatoms. The largest absolute Gasteiger partial charge is 0.339 e. The normalized spacial score (nSPS) is 22.1. The highest BCUT2D eigenvalue weighted by atomic mass is 19.1. The molecule has 0 bridgehead atoms. The van der Waals surface area contributed by atoms with Gasteiger partial charge in [0.2, 0.25) is 0 Å². The maximum atomic E-state index is 13.2. The van der Waals surface area contributed by atoms with Crippen LogP contribution in [0.5, 0.6) is 0 Å². The summed E-state index contributed by atoms with van der Waals surface area (Å²) in [5.74, 6) is -1.76. The predicted octanol–water partition coefficient (Wildman–Crippen LogP) is 2.96. The smallest absolute Gasteiger partial charge is 0.254 e. The lowest BCUT2D eigenvalue weighted by Gasteiger charge is -2.35. The number of amides is 1. The third kappa shape index (κ3) is 4.00. The van der Waals surface area contributed by atoms with Crippen LogP contribution >= 0.6 is 0 Å². The molecule has 1 fully saturated rings. The molecule has 1 aliphatic carbocycles. The molecule has 1 aliphatic rings. The summed E-state index contributed by atoms with van der Waals surface area (Å²) >= 11 is 0. The van der Waals surface area contributed by atoms with Crippen LogP contribution in [-0.2, 0) is 0 Å². The van der Waals surface area contributed by atoms with Crippen LogP contribution in [0.1, 0.15) is 43.0 Å². The number of hydrogen-bond acceptors (Lipinski definition) is 2. The number of nitrogens with one attached hydrogen (secondary N) is 1. The molecule has 0 aliphatic heterocycles. The Labute approximate surface area is 124 Å². The second-order valence-corrected chi connectivity index (χ2v) is 5.64. The van der Waals surface area contributed by atoms with Crippen molar-refractivity contribution in [2.24, 2.45) is 0 Å². The van der Waals surface area contributed by atoms with Crippen LogP contribution in [-0.4, -0.2) is 36.5 Å². The van der Waals surface area contributed by atoms with Gasteiger partial charge in [0, 0.05) is 30.8 Å². The molecule has 1 aromatic rings. The minimum absolute atomic E-state index is 0.0730. The molecule has 21 heavy (non-hydrogen) atoms. The first-order valence-corrected chi connectivity index (χ1v) is 7.48. The summed E-state index contributed by atoms with van der Waals surface area (Å²) in [6, 6.07) is 3.61. The highest BCUT2D eigenvalue weighted by Crippen LogP contribution is 2.24. The number of halogens is 2. The fourth-order valence-corrected chi connectivity index (χ4v) is 3.00. The van der Waals surface area contributed by atoms with Crippen molar-refractivity contribution in [3.63, 3.8) is 0 Å². The molecule has 0 aromatic heterocycles. The van der Waals surface area contributed by atoms with Gasteiger partial charge in [0.15, 0.2) is 0 Å². The third-order valence-electron chi connectivity index (χ3n) is 4.17. The van der Waals surface area contributed by atoms with Crippen LogP contribution < -0.4 is 5.32 Å². The van der Waals surface area contributed by atoms with E-state index in [-0.39, 0.29) is 17.5 Å². The summed E-state index contributed by atoms with van der Waals surface area (Å²) in [7, 11) is 1.71. The Kier molecular flexibility index (Phi) is 5.28. The van der Waals surface area contributed by atoms with Crippen molar-refractivity contribution in [2.75, 3.05) is 13.6 Å². The van der Waals surface area contributed by atoms with Gasteiger partial charge in [-0.25, -0.2) is 8.78 Å². The second kappa shape index (κ2) is 6.98. The van der Waals surface area contributed by atoms with E-state index in [9.17, 15) is 13.6 Å². The van der Waals surface area contributed by atoms with Gasteiger partial charge in [-0.2, -0.15) is 0 Å². The molecule has 0 spiro atoms. The van der Waals surface area contributed by atoms with Crippen LogP contribution in [0.3, 0.4) is 0 Å². The van der Waals surface area contributed by atoms with Crippen molar-refractivity contribution >= 4 is 5.91 Å². The van der Waals surface area contributed by atoms with Gasteiger partial charge in [0.1, 0.15) is 11.6 Å². The van der Waals surface area contributed by atoms with Crippen molar-refractivity contribution < 1.29 is 13.6 Å². The van der Waals surface area contributed by atoms with Gasteiger partial charge in [0.05, 0.1) is 0 Å². The Morgan fingerprint density at radius 3 is 2.29 bits per heavy atom. The maximum absolute atomic E-state index is 13.2. The van der Waals surface area contributed by atoms with Crippen molar-refractivity contribution in [1.29, 1.82) is 0 Å². The molecular formula is C16H22F2N2O. The van der Waals surface area contributed by atoms with Gasteiger partial charge in [-0.3, -0.25) is 4.79 Å².